The van der Waals surface area contributed by atoms with E-state index in [1.165, 1.54) is 15.4 Å². The van der Waals surface area contributed by atoms with Crippen molar-refractivity contribution >= 4 is 5.69 Å². The van der Waals surface area contributed by atoms with Gasteiger partial charge in [0.2, 0.25) is 0 Å². The van der Waals surface area contributed by atoms with E-state index in [9.17, 15) is 9.59 Å². The maximum Gasteiger partial charge on any atom is 0.347 e. The zero-order valence-corrected chi connectivity index (χ0v) is 20.9. The predicted molar refractivity (Wildman–Crippen MR) is 140 cm³/mol. The van der Waals surface area contributed by atoms with Gasteiger partial charge < -0.3 is 14.4 Å². The van der Waals surface area contributed by atoms with Crippen molar-refractivity contribution in [2.75, 3.05) is 51.3 Å². The van der Waals surface area contributed by atoms with Crippen LogP contribution in [0.5, 0.6) is 5.75 Å². The molecule has 1 fully saturated rings. The maximum atomic E-state index is 12.8. The van der Waals surface area contributed by atoms with Gasteiger partial charge in [-0.1, -0.05) is 42.5 Å². The van der Waals surface area contributed by atoms with Crippen LogP contribution < -0.4 is 20.9 Å². The smallest absolute Gasteiger partial charge is 0.347 e. The van der Waals surface area contributed by atoms with Crippen LogP contribution in [0.25, 0.3) is 0 Å². The first kappa shape index (κ1) is 25.7. The molecule has 0 bridgehead atoms. The molecular formula is C27H35N5O4. The molecule has 192 valence electrons. The van der Waals surface area contributed by atoms with Crippen molar-refractivity contribution in [3.05, 3.63) is 87.2 Å². The number of methoxy groups -OCH3 is 1. The van der Waals surface area contributed by atoms with Crippen molar-refractivity contribution in [1.82, 2.24) is 19.2 Å². The minimum atomic E-state index is -0.396. The highest BCUT2D eigenvalue weighted by Crippen LogP contribution is 2.28. The van der Waals surface area contributed by atoms with Crippen LogP contribution in [0.2, 0.25) is 0 Å². The second-order valence-corrected chi connectivity index (χ2v) is 8.89. The number of ether oxygens (including phenoxy) is 2. The molecule has 0 aliphatic carbocycles. The van der Waals surface area contributed by atoms with Crippen molar-refractivity contribution in [2.45, 2.75) is 32.5 Å². The monoisotopic (exact) mass is 493 g/mol. The van der Waals surface area contributed by atoms with Gasteiger partial charge in [0, 0.05) is 32.7 Å². The van der Waals surface area contributed by atoms with Gasteiger partial charge in [-0.25, -0.2) is 9.48 Å². The van der Waals surface area contributed by atoms with E-state index in [1.807, 2.05) is 48.5 Å². The van der Waals surface area contributed by atoms with Crippen LogP contribution in [0.4, 0.5) is 5.69 Å². The Hall–Kier alpha value is -3.43. The molecule has 4 rings (SSSR count). The third-order valence-corrected chi connectivity index (χ3v) is 6.49. The lowest BCUT2D eigenvalue weighted by molar-refractivity contribution is 0.111. The largest absolute Gasteiger partial charge is 0.495 e. The summed E-state index contributed by atoms with van der Waals surface area (Å²) in [6.07, 6.45) is 3.00. The molecule has 1 aliphatic heterocycles. The Morgan fingerprint density at radius 2 is 1.58 bits per heavy atom. The highest BCUT2D eigenvalue weighted by Gasteiger charge is 2.19. The van der Waals surface area contributed by atoms with Crippen molar-refractivity contribution in [3.63, 3.8) is 0 Å². The number of unbranched alkanes of at least 4 members (excludes halogenated alkanes) is 1. The number of aromatic nitrogens is 3. The van der Waals surface area contributed by atoms with Crippen LogP contribution >= 0.6 is 0 Å². The summed E-state index contributed by atoms with van der Waals surface area (Å²) in [7, 11) is 1.71. The van der Waals surface area contributed by atoms with Gasteiger partial charge in [-0.2, -0.15) is 5.10 Å². The Kier molecular flexibility index (Phi) is 9.29. The minimum Gasteiger partial charge on any atom is -0.495 e. The Morgan fingerprint density at radius 3 is 2.36 bits per heavy atom. The quantitative estimate of drug-likeness (QED) is 0.358. The molecule has 0 N–H and O–H groups in total. The third-order valence-electron chi connectivity index (χ3n) is 6.49. The summed E-state index contributed by atoms with van der Waals surface area (Å²) in [6.45, 7) is 6.30. The van der Waals surface area contributed by atoms with E-state index in [1.54, 1.807) is 7.11 Å². The van der Waals surface area contributed by atoms with Crippen molar-refractivity contribution < 1.29 is 9.47 Å². The number of hydrogen-bond donors (Lipinski definition) is 0. The second kappa shape index (κ2) is 13.0. The molecule has 0 atom stereocenters. The highest BCUT2D eigenvalue weighted by molar-refractivity contribution is 5.58. The minimum absolute atomic E-state index is 0.212. The topological polar surface area (TPSA) is 81.8 Å². The second-order valence-electron chi connectivity index (χ2n) is 8.89. The zero-order chi connectivity index (χ0) is 25.2. The number of rotatable bonds is 12. The number of piperazine rings is 1. The van der Waals surface area contributed by atoms with Gasteiger partial charge in [-0.3, -0.25) is 14.3 Å². The summed E-state index contributed by atoms with van der Waals surface area (Å²) in [4.78, 5) is 29.7. The first-order valence-electron chi connectivity index (χ1n) is 12.5. The van der Waals surface area contributed by atoms with Gasteiger partial charge in [-0.15, -0.1) is 0 Å². The zero-order valence-electron chi connectivity index (χ0n) is 20.9. The van der Waals surface area contributed by atoms with E-state index in [-0.39, 0.29) is 18.8 Å². The van der Waals surface area contributed by atoms with E-state index in [2.05, 4.69) is 21.0 Å². The lowest BCUT2D eigenvalue weighted by Crippen LogP contribution is -2.46. The molecule has 1 saturated heterocycles. The van der Waals surface area contributed by atoms with E-state index in [4.69, 9.17) is 9.47 Å². The molecule has 1 aromatic heterocycles. The summed E-state index contributed by atoms with van der Waals surface area (Å²) in [5, 5.41) is 4.06. The van der Waals surface area contributed by atoms with Crippen molar-refractivity contribution in [3.8, 4) is 5.75 Å². The van der Waals surface area contributed by atoms with Gasteiger partial charge in [-0.05, 0) is 37.1 Å². The SMILES string of the molecule is COc1ccccc1N1CCN(CCCCn2ncc(=O)n(CCOCc3ccccc3)c2=O)CC1. The fraction of sp³-hybridized carbons (Fsp3) is 0.444. The Balaban J connectivity index is 1.19. The van der Waals surface area contributed by atoms with E-state index in [0.717, 1.165) is 62.6 Å². The Labute approximate surface area is 211 Å². The summed E-state index contributed by atoms with van der Waals surface area (Å²) in [5.74, 6) is 0.910. The summed E-state index contributed by atoms with van der Waals surface area (Å²) in [6, 6.07) is 17.9. The van der Waals surface area contributed by atoms with Crippen LogP contribution in [0.1, 0.15) is 18.4 Å². The van der Waals surface area contributed by atoms with Crippen LogP contribution in [0.15, 0.2) is 70.4 Å². The molecule has 0 unspecified atom stereocenters. The van der Waals surface area contributed by atoms with Gasteiger partial charge in [0.05, 0.1) is 32.6 Å². The lowest BCUT2D eigenvalue weighted by Gasteiger charge is -2.36. The summed E-state index contributed by atoms with van der Waals surface area (Å²) in [5.41, 5.74) is 1.42. The van der Waals surface area contributed by atoms with Gasteiger partial charge in [0.1, 0.15) is 11.9 Å². The van der Waals surface area contributed by atoms with Crippen molar-refractivity contribution in [2.24, 2.45) is 0 Å². The first-order chi connectivity index (χ1) is 17.7. The fourth-order valence-electron chi connectivity index (χ4n) is 4.45. The molecule has 9 nitrogen and oxygen atoms in total. The predicted octanol–water partition coefficient (Wildman–Crippen LogP) is 2.23. The Morgan fingerprint density at radius 1 is 0.861 bits per heavy atom. The van der Waals surface area contributed by atoms with Crippen LogP contribution in [-0.2, 0) is 24.4 Å². The lowest BCUT2D eigenvalue weighted by atomic mass is 10.2. The Bertz CT molecular complexity index is 1200. The maximum absolute atomic E-state index is 12.8. The van der Waals surface area contributed by atoms with Gasteiger partial charge >= 0.3 is 5.69 Å². The molecule has 36 heavy (non-hydrogen) atoms. The number of para-hydroxylation sites is 2. The summed E-state index contributed by atoms with van der Waals surface area (Å²) >= 11 is 0. The highest BCUT2D eigenvalue weighted by atomic mass is 16.5. The molecule has 0 amide bonds. The van der Waals surface area contributed by atoms with E-state index in [0.29, 0.717) is 13.2 Å². The molecule has 0 radical (unpaired) electrons. The number of benzene rings is 2. The van der Waals surface area contributed by atoms with Crippen molar-refractivity contribution in [1.29, 1.82) is 0 Å². The molecule has 2 aromatic carbocycles. The first-order valence-corrected chi connectivity index (χ1v) is 12.5. The summed E-state index contributed by atoms with van der Waals surface area (Å²) < 4.78 is 13.7. The molecular weight excluding hydrogens is 458 g/mol. The van der Waals surface area contributed by atoms with E-state index >= 15 is 0 Å². The fourth-order valence-corrected chi connectivity index (χ4v) is 4.45. The number of anilines is 1. The number of aryl methyl sites for hydroxylation is 1. The number of hydrogen-bond acceptors (Lipinski definition) is 7. The average molecular weight is 494 g/mol. The third kappa shape index (κ3) is 6.83. The van der Waals surface area contributed by atoms with Crippen LogP contribution in [0.3, 0.4) is 0 Å². The molecule has 1 aliphatic rings. The molecule has 3 aromatic rings. The standard InChI is InChI=1S/C27H35N5O4/c1-35-25-12-6-5-11-24(25)30-17-15-29(16-18-30)13-7-8-14-32-27(34)31(26(33)21-28-32)19-20-36-22-23-9-3-2-4-10-23/h2-6,9-12,21H,7-8,13-20,22H2,1H3. The molecule has 9 heteroatoms. The van der Waals surface area contributed by atoms with E-state index < -0.39 is 5.56 Å². The van der Waals surface area contributed by atoms with Gasteiger partial charge in [0.25, 0.3) is 5.56 Å². The molecule has 0 spiro atoms. The number of nitrogens with zero attached hydrogens (tertiary/aromatic N) is 5. The average Bonchev–Trinajstić information content (AvgIpc) is 2.92. The van der Waals surface area contributed by atoms with Gasteiger partial charge in [0.15, 0.2) is 0 Å². The molecule has 0 saturated carbocycles. The van der Waals surface area contributed by atoms with Crippen LogP contribution in [-0.4, -0.2) is 65.7 Å². The van der Waals surface area contributed by atoms with Crippen LogP contribution in [0, 0.1) is 0 Å². The molecule has 2 heterocycles. The normalized spacial score (nSPS) is 14.2.